The fourth-order valence-corrected chi connectivity index (χ4v) is 1.77. The molecule has 0 saturated carbocycles. The van der Waals surface area contributed by atoms with Gasteiger partial charge in [0.15, 0.2) is 6.10 Å². The molecule has 1 atom stereocenters. The van der Waals surface area contributed by atoms with E-state index in [0.29, 0.717) is 12.3 Å². The summed E-state index contributed by atoms with van der Waals surface area (Å²) in [4.78, 5) is 0. The number of hydrogen-bond acceptors (Lipinski definition) is 3. The first-order valence-corrected chi connectivity index (χ1v) is 5.06. The largest absolute Gasteiger partial charge is 0.478 e. The van der Waals surface area contributed by atoms with Gasteiger partial charge in [0.1, 0.15) is 17.3 Å². The SMILES string of the molecule is Fc1ccc2c(c1)OC(c1ccco1)CN2. The van der Waals surface area contributed by atoms with Gasteiger partial charge in [0.25, 0.3) is 0 Å². The highest BCUT2D eigenvalue weighted by molar-refractivity contribution is 5.58. The van der Waals surface area contributed by atoms with Crippen LogP contribution in [-0.2, 0) is 0 Å². The maximum atomic E-state index is 13.0. The molecule has 0 fully saturated rings. The molecule has 0 spiro atoms. The van der Waals surface area contributed by atoms with Crippen LogP contribution in [0.15, 0.2) is 41.0 Å². The van der Waals surface area contributed by atoms with Crippen molar-refractivity contribution in [3.05, 3.63) is 48.2 Å². The maximum Gasteiger partial charge on any atom is 0.173 e. The number of fused-ring (bicyclic) bond motifs is 1. The zero-order chi connectivity index (χ0) is 11.0. The molecule has 4 heteroatoms. The molecule has 0 amide bonds. The summed E-state index contributed by atoms with van der Waals surface area (Å²) in [7, 11) is 0. The van der Waals surface area contributed by atoms with Crippen molar-refractivity contribution in [1.82, 2.24) is 0 Å². The molecular formula is C12H10FNO2. The Balaban J connectivity index is 1.91. The van der Waals surface area contributed by atoms with E-state index in [0.717, 1.165) is 11.4 Å². The first kappa shape index (κ1) is 9.27. The molecule has 1 aromatic heterocycles. The van der Waals surface area contributed by atoms with E-state index in [2.05, 4.69) is 5.32 Å². The summed E-state index contributed by atoms with van der Waals surface area (Å²) in [5, 5.41) is 3.18. The third-order valence-electron chi connectivity index (χ3n) is 2.55. The lowest BCUT2D eigenvalue weighted by Gasteiger charge is -2.25. The van der Waals surface area contributed by atoms with Crippen molar-refractivity contribution < 1.29 is 13.5 Å². The summed E-state index contributed by atoms with van der Waals surface area (Å²) >= 11 is 0. The highest BCUT2D eigenvalue weighted by Gasteiger charge is 2.22. The molecule has 0 aliphatic carbocycles. The van der Waals surface area contributed by atoms with Crippen molar-refractivity contribution in [3.63, 3.8) is 0 Å². The van der Waals surface area contributed by atoms with E-state index in [-0.39, 0.29) is 11.9 Å². The third-order valence-corrected chi connectivity index (χ3v) is 2.55. The van der Waals surface area contributed by atoms with Crippen LogP contribution in [0.2, 0.25) is 0 Å². The fraction of sp³-hybridized carbons (Fsp3) is 0.167. The van der Waals surface area contributed by atoms with Crippen LogP contribution in [0.25, 0.3) is 0 Å². The van der Waals surface area contributed by atoms with Gasteiger partial charge < -0.3 is 14.5 Å². The molecular weight excluding hydrogens is 209 g/mol. The van der Waals surface area contributed by atoms with Crippen molar-refractivity contribution in [2.75, 3.05) is 11.9 Å². The number of anilines is 1. The van der Waals surface area contributed by atoms with Crippen molar-refractivity contribution in [2.24, 2.45) is 0 Å². The highest BCUT2D eigenvalue weighted by atomic mass is 19.1. The number of furan rings is 1. The number of ether oxygens (including phenoxy) is 1. The Labute approximate surface area is 91.8 Å². The molecule has 3 nitrogen and oxygen atoms in total. The van der Waals surface area contributed by atoms with Crippen molar-refractivity contribution in [1.29, 1.82) is 0 Å². The quantitative estimate of drug-likeness (QED) is 0.800. The van der Waals surface area contributed by atoms with Gasteiger partial charge in [0.05, 0.1) is 18.5 Å². The van der Waals surface area contributed by atoms with Gasteiger partial charge in [0, 0.05) is 6.07 Å². The van der Waals surface area contributed by atoms with E-state index < -0.39 is 0 Å². The molecule has 1 N–H and O–H groups in total. The highest BCUT2D eigenvalue weighted by Crippen LogP contribution is 2.34. The molecule has 2 aromatic rings. The zero-order valence-corrected chi connectivity index (χ0v) is 8.44. The van der Waals surface area contributed by atoms with Gasteiger partial charge in [0.2, 0.25) is 0 Å². The van der Waals surface area contributed by atoms with Gasteiger partial charge in [-0.15, -0.1) is 0 Å². The average molecular weight is 219 g/mol. The monoisotopic (exact) mass is 219 g/mol. The van der Waals surface area contributed by atoms with Crippen LogP contribution >= 0.6 is 0 Å². The second kappa shape index (κ2) is 3.56. The van der Waals surface area contributed by atoms with Gasteiger partial charge in [-0.1, -0.05) is 0 Å². The summed E-state index contributed by atoms with van der Waals surface area (Å²) in [6, 6.07) is 8.10. The summed E-state index contributed by atoms with van der Waals surface area (Å²) in [6.45, 7) is 0.617. The van der Waals surface area contributed by atoms with Gasteiger partial charge in [-0.3, -0.25) is 0 Å². The Bertz CT molecular complexity index is 496. The maximum absolute atomic E-state index is 13.0. The van der Waals surface area contributed by atoms with Gasteiger partial charge >= 0.3 is 0 Å². The Morgan fingerprint density at radius 1 is 1.31 bits per heavy atom. The second-order valence-electron chi connectivity index (χ2n) is 3.64. The van der Waals surface area contributed by atoms with Crippen LogP contribution in [0, 0.1) is 5.82 Å². The van der Waals surface area contributed by atoms with Gasteiger partial charge in [-0.05, 0) is 24.3 Å². The predicted molar refractivity (Wildman–Crippen MR) is 57.0 cm³/mol. The topological polar surface area (TPSA) is 34.4 Å². The van der Waals surface area contributed by atoms with E-state index in [9.17, 15) is 4.39 Å². The second-order valence-corrected chi connectivity index (χ2v) is 3.64. The third kappa shape index (κ3) is 1.52. The van der Waals surface area contributed by atoms with Gasteiger partial charge in [-0.2, -0.15) is 0 Å². The lowest BCUT2D eigenvalue weighted by atomic mass is 10.2. The van der Waals surface area contributed by atoms with Crippen molar-refractivity contribution >= 4 is 5.69 Å². The van der Waals surface area contributed by atoms with E-state index in [1.54, 1.807) is 18.4 Å². The lowest BCUT2D eigenvalue weighted by molar-refractivity contribution is 0.180. The molecule has 82 valence electrons. The Morgan fingerprint density at radius 2 is 2.25 bits per heavy atom. The van der Waals surface area contributed by atoms with E-state index in [1.165, 1.54) is 12.1 Å². The number of halogens is 1. The summed E-state index contributed by atoms with van der Waals surface area (Å²) in [5.74, 6) is 0.954. The van der Waals surface area contributed by atoms with Crippen LogP contribution in [0.4, 0.5) is 10.1 Å². The smallest absolute Gasteiger partial charge is 0.173 e. The van der Waals surface area contributed by atoms with Crippen LogP contribution < -0.4 is 10.1 Å². The lowest BCUT2D eigenvalue weighted by Crippen LogP contribution is -2.23. The normalized spacial score (nSPS) is 18.4. The van der Waals surface area contributed by atoms with Gasteiger partial charge in [-0.25, -0.2) is 4.39 Å². The van der Waals surface area contributed by atoms with Crippen LogP contribution in [-0.4, -0.2) is 6.54 Å². The first-order chi connectivity index (χ1) is 7.83. The van der Waals surface area contributed by atoms with E-state index >= 15 is 0 Å². The van der Waals surface area contributed by atoms with Crippen molar-refractivity contribution in [3.8, 4) is 5.75 Å². The molecule has 0 bridgehead atoms. The summed E-state index contributed by atoms with van der Waals surface area (Å²) in [6.07, 6.45) is 1.39. The molecule has 0 radical (unpaired) electrons. The molecule has 0 saturated heterocycles. The molecule has 1 aliphatic heterocycles. The molecule has 1 unspecified atom stereocenters. The van der Waals surface area contributed by atoms with Crippen molar-refractivity contribution in [2.45, 2.75) is 6.10 Å². The first-order valence-electron chi connectivity index (χ1n) is 5.06. The molecule has 16 heavy (non-hydrogen) atoms. The molecule has 1 aliphatic rings. The molecule has 3 rings (SSSR count). The Kier molecular flexibility index (Phi) is 2.06. The number of benzene rings is 1. The zero-order valence-electron chi connectivity index (χ0n) is 8.44. The molecule has 1 aromatic carbocycles. The van der Waals surface area contributed by atoms with Crippen LogP contribution in [0.1, 0.15) is 11.9 Å². The van der Waals surface area contributed by atoms with E-state index in [1.807, 2.05) is 6.07 Å². The summed E-state index contributed by atoms with van der Waals surface area (Å²) in [5.41, 5.74) is 0.809. The number of rotatable bonds is 1. The Hall–Kier alpha value is -1.97. The standard InChI is InChI=1S/C12H10FNO2/c13-8-3-4-9-11(6-8)16-12(7-14-9)10-2-1-5-15-10/h1-6,12,14H,7H2. The number of hydrogen-bond donors (Lipinski definition) is 1. The summed E-state index contributed by atoms with van der Waals surface area (Å²) < 4.78 is 24.0. The Morgan fingerprint density at radius 3 is 3.06 bits per heavy atom. The minimum absolute atomic E-state index is 0.204. The molecule has 2 heterocycles. The number of nitrogens with one attached hydrogen (secondary N) is 1. The van der Waals surface area contributed by atoms with E-state index in [4.69, 9.17) is 9.15 Å². The fourth-order valence-electron chi connectivity index (χ4n) is 1.77. The minimum Gasteiger partial charge on any atom is -0.478 e. The van der Waals surface area contributed by atoms with Crippen LogP contribution in [0.3, 0.4) is 0 Å². The predicted octanol–water partition coefficient (Wildman–Crippen LogP) is 2.96. The van der Waals surface area contributed by atoms with Crippen LogP contribution in [0.5, 0.6) is 5.75 Å². The average Bonchev–Trinajstić information content (AvgIpc) is 2.81. The minimum atomic E-state index is -0.305.